The fraction of sp³-hybridized carbons (Fsp3) is 0.778. The molecule has 0 saturated heterocycles. The number of carboxylic acids is 1. The molecule has 0 aromatic carbocycles. The van der Waals surface area contributed by atoms with E-state index in [0.717, 1.165) is 0 Å². The highest BCUT2D eigenvalue weighted by Crippen LogP contribution is 2.38. The topological polar surface area (TPSA) is 107 Å². The number of nitrogens with one attached hydrogen (secondary N) is 1. The molecule has 0 spiro atoms. The molecule has 0 heterocycles. The van der Waals surface area contributed by atoms with Crippen LogP contribution in [0, 0.1) is 11.8 Å². The largest absolute Gasteiger partial charge is 0.481 e. The Bertz CT molecular complexity index is 274. The van der Waals surface area contributed by atoms with Crippen molar-refractivity contribution in [1.82, 2.24) is 5.32 Å². The SMILES string of the molecule is CC(CO)(CO)NC(=O)C1CC1C(=O)O. The van der Waals surface area contributed by atoms with Crippen LogP contribution in [-0.4, -0.2) is 45.9 Å². The van der Waals surface area contributed by atoms with Crippen LogP contribution < -0.4 is 5.32 Å². The molecule has 1 aliphatic rings. The molecule has 0 radical (unpaired) electrons. The summed E-state index contributed by atoms with van der Waals surface area (Å²) in [6.45, 7) is 0.711. The minimum absolute atomic E-state index is 0.327. The van der Waals surface area contributed by atoms with Crippen LogP contribution in [0.4, 0.5) is 0 Å². The number of rotatable bonds is 5. The Balaban J connectivity index is 2.47. The lowest BCUT2D eigenvalue weighted by atomic mass is 10.1. The summed E-state index contributed by atoms with van der Waals surface area (Å²) in [6.07, 6.45) is 0.327. The highest BCUT2D eigenvalue weighted by molar-refractivity contribution is 5.89. The first-order chi connectivity index (χ1) is 6.93. The first kappa shape index (κ1) is 11.9. The number of aliphatic hydroxyl groups is 2. The van der Waals surface area contributed by atoms with Gasteiger partial charge in [-0.1, -0.05) is 0 Å². The second-order valence-electron chi connectivity index (χ2n) is 4.15. The van der Waals surface area contributed by atoms with E-state index in [1.54, 1.807) is 0 Å². The second-order valence-corrected chi connectivity index (χ2v) is 4.15. The molecule has 86 valence electrons. The van der Waals surface area contributed by atoms with Gasteiger partial charge < -0.3 is 20.6 Å². The van der Waals surface area contributed by atoms with Gasteiger partial charge in [-0.05, 0) is 13.3 Å². The van der Waals surface area contributed by atoms with E-state index < -0.39 is 29.3 Å². The summed E-state index contributed by atoms with van der Waals surface area (Å²) in [5.41, 5.74) is -1.08. The zero-order valence-corrected chi connectivity index (χ0v) is 8.43. The Morgan fingerprint density at radius 3 is 2.20 bits per heavy atom. The van der Waals surface area contributed by atoms with Crippen molar-refractivity contribution < 1.29 is 24.9 Å². The van der Waals surface area contributed by atoms with E-state index in [1.165, 1.54) is 6.92 Å². The molecule has 0 bridgehead atoms. The normalized spacial score (nSPS) is 24.7. The smallest absolute Gasteiger partial charge is 0.307 e. The molecule has 0 aromatic rings. The third-order valence-corrected chi connectivity index (χ3v) is 2.57. The number of carbonyl (C=O) groups is 2. The molecule has 1 saturated carbocycles. The maximum atomic E-state index is 11.5. The Labute approximate surface area is 86.9 Å². The quantitative estimate of drug-likeness (QED) is 0.451. The number of hydrogen-bond donors (Lipinski definition) is 4. The Hall–Kier alpha value is -1.14. The molecule has 1 fully saturated rings. The summed E-state index contributed by atoms with van der Waals surface area (Å²) in [4.78, 5) is 22.0. The zero-order chi connectivity index (χ0) is 11.6. The summed E-state index contributed by atoms with van der Waals surface area (Å²) in [6, 6.07) is 0. The number of aliphatic carboxylic acids is 1. The van der Waals surface area contributed by atoms with Gasteiger partial charge in [0, 0.05) is 0 Å². The van der Waals surface area contributed by atoms with Crippen molar-refractivity contribution in [2.24, 2.45) is 11.8 Å². The number of aliphatic hydroxyl groups excluding tert-OH is 2. The maximum absolute atomic E-state index is 11.5. The summed E-state index contributed by atoms with van der Waals surface area (Å²) in [5.74, 6) is -2.55. The molecule has 1 rings (SSSR count). The first-order valence-electron chi connectivity index (χ1n) is 4.70. The fourth-order valence-corrected chi connectivity index (χ4v) is 1.28. The Morgan fingerprint density at radius 1 is 1.33 bits per heavy atom. The third-order valence-electron chi connectivity index (χ3n) is 2.57. The first-order valence-corrected chi connectivity index (χ1v) is 4.70. The van der Waals surface area contributed by atoms with Crippen LogP contribution in [0.2, 0.25) is 0 Å². The molecule has 2 atom stereocenters. The van der Waals surface area contributed by atoms with Crippen molar-refractivity contribution in [2.45, 2.75) is 18.9 Å². The molecule has 0 aliphatic heterocycles. The van der Waals surface area contributed by atoms with E-state index in [0.29, 0.717) is 6.42 Å². The van der Waals surface area contributed by atoms with Crippen molar-refractivity contribution in [3.8, 4) is 0 Å². The van der Waals surface area contributed by atoms with Gasteiger partial charge in [0.2, 0.25) is 5.91 Å². The maximum Gasteiger partial charge on any atom is 0.307 e. The summed E-state index contributed by atoms with van der Waals surface area (Å²) < 4.78 is 0. The minimum Gasteiger partial charge on any atom is -0.481 e. The van der Waals surface area contributed by atoms with Crippen LogP contribution in [0.1, 0.15) is 13.3 Å². The fourth-order valence-electron chi connectivity index (χ4n) is 1.28. The van der Waals surface area contributed by atoms with E-state index in [4.69, 9.17) is 15.3 Å². The van der Waals surface area contributed by atoms with Gasteiger partial charge in [0.05, 0.1) is 30.6 Å². The van der Waals surface area contributed by atoms with Crippen LogP contribution >= 0.6 is 0 Å². The lowest BCUT2D eigenvalue weighted by Gasteiger charge is -2.26. The van der Waals surface area contributed by atoms with Gasteiger partial charge in [0.15, 0.2) is 0 Å². The molecule has 1 aliphatic carbocycles. The Morgan fingerprint density at radius 2 is 1.87 bits per heavy atom. The van der Waals surface area contributed by atoms with Crippen LogP contribution in [0.25, 0.3) is 0 Å². The van der Waals surface area contributed by atoms with Gasteiger partial charge in [-0.15, -0.1) is 0 Å². The average Bonchev–Trinajstić information content (AvgIpc) is 2.97. The van der Waals surface area contributed by atoms with Crippen LogP contribution in [0.15, 0.2) is 0 Å². The summed E-state index contributed by atoms with van der Waals surface area (Å²) in [7, 11) is 0. The van der Waals surface area contributed by atoms with Crippen molar-refractivity contribution >= 4 is 11.9 Å². The van der Waals surface area contributed by atoms with E-state index in [-0.39, 0.29) is 13.2 Å². The summed E-state index contributed by atoms with van der Waals surface area (Å²) in [5, 5.41) is 28.9. The van der Waals surface area contributed by atoms with Crippen LogP contribution in [-0.2, 0) is 9.59 Å². The van der Waals surface area contributed by atoms with Gasteiger partial charge in [-0.3, -0.25) is 9.59 Å². The van der Waals surface area contributed by atoms with Crippen LogP contribution in [0.5, 0.6) is 0 Å². The molecular formula is C9H15NO5. The number of amides is 1. The highest BCUT2D eigenvalue weighted by atomic mass is 16.4. The van der Waals surface area contributed by atoms with Crippen LogP contribution in [0.3, 0.4) is 0 Å². The van der Waals surface area contributed by atoms with Gasteiger partial charge in [0.1, 0.15) is 0 Å². The number of carboxylic acid groups (broad SMARTS) is 1. The van der Waals surface area contributed by atoms with Crippen molar-refractivity contribution in [3.05, 3.63) is 0 Å². The standard InChI is InChI=1S/C9H15NO5/c1-9(3-11,4-12)10-7(13)5-2-6(5)8(14)15/h5-6,11-12H,2-4H2,1H3,(H,10,13)(H,14,15). The molecule has 0 aromatic heterocycles. The molecular weight excluding hydrogens is 202 g/mol. The van der Waals surface area contributed by atoms with E-state index in [9.17, 15) is 9.59 Å². The average molecular weight is 217 g/mol. The van der Waals surface area contributed by atoms with E-state index in [1.807, 2.05) is 0 Å². The van der Waals surface area contributed by atoms with Crippen molar-refractivity contribution in [3.63, 3.8) is 0 Å². The molecule has 6 heteroatoms. The lowest BCUT2D eigenvalue weighted by Crippen LogP contribution is -2.52. The molecule has 2 unspecified atom stereocenters. The molecule has 6 nitrogen and oxygen atoms in total. The molecule has 15 heavy (non-hydrogen) atoms. The lowest BCUT2D eigenvalue weighted by molar-refractivity contribution is -0.140. The van der Waals surface area contributed by atoms with Gasteiger partial charge in [-0.2, -0.15) is 0 Å². The predicted molar refractivity (Wildman–Crippen MR) is 50.0 cm³/mol. The van der Waals surface area contributed by atoms with Gasteiger partial charge in [-0.25, -0.2) is 0 Å². The van der Waals surface area contributed by atoms with E-state index in [2.05, 4.69) is 5.32 Å². The van der Waals surface area contributed by atoms with Crippen molar-refractivity contribution in [2.75, 3.05) is 13.2 Å². The highest BCUT2D eigenvalue weighted by Gasteiger charge is 2.49. The summed E-state index contributed by atoms with van der Waals surface area (Å²) >= 11 is 0. The molecule has 4 N–H and O–H groups in total. The van der Waals surface area contributed by atoms with Gasteiger partial charge in [0.25, 0.3) is 0 Å². The zero-order valence-electron chi connectivity index (χ0n) is 8.43. The van der Waals surface area contributed by atoms with Crippen molar-refractivity contribution in [1.29, 1.82) is 0 Å². The Kier molecular flexibility index (Phi) is 3.31. The number of hydrogen-bond acceptors (Lipinski definition) is 4. The monoisotopic (exact) mass is 217 g/mol. The van der Waals surface area contributed by atoms with E-state index >= 15 is 0 Å². The second kappa shape index (κ2) is 4.16. The third kappa shape index (κ3) is 2.66. The molecule has 1 amide bonds. The number of carbonyl (C=O) groups excluding carboxylic acids is 1. The minimum atomic E-state index is -1.08. The van der Waals surface area contributed by atoms with Gasteiger partial charge >= 0.3 is 5.97 Å². The predicted octanol–water partition coefficient (Wildman–Crippen LogP) is -1.43.